The topological polar surface area (TPSA) is 64.4 Å². The van der Waals surface area contributed by atoms with Crippen molar-refractivity contribution >= 4 is 6.03 Å². The molecule has 0 saturated heterocycles. The maximum Gasteiger partial charge on any atom is 0.411 e. The first-order valence-corrected chi connectivity index (χ1v) is 3.09. The van der Waals surface area contributed by atoms with Crippen molar-refractivity contribution in [2.45, 2.75) is 6.18 Å². The number of carbonyl (C=O) groups excluding carboxylic acids is 1. The van der Waals surface area contributed by atoms with E-state index in [2.05, 4.69) is 15.8 Å². The number of nitrogens with one attached hydrogen (secondary N) is 1. The standard InChI is InChI=1S/C5H9F3N2O2/c6-5(7,8)3-12-2-1-10-4(9)11/h1-3H2,(H3,9,10,11). The van der Waals surface area contributed by atoms with Gasteiger partial charge in [0, 0.05) is 6.54 Å². The smallest absolute Gasteiger partial charge is 0.370 e. The van der Waals surface area contributed by atoms with Gasteiger partial charge in [-0.1, -0.05) is 0 Å². The highest BCUT2D eigenvalue weighted by atomic mass is 19.4. The average molecular weight is 186 g/mol. The van der Waals surface area contributed by atoms with Crippen LogP contribution in [0.25, 0.3) is 0 Å². The zero-order chi connectivity index (χ0) is 9.61. The van der Waals surface area contributed by atoms with Crippen LogP contribution in [0.5, 0.6) is 0 Å². The van der Waals surface area contributed by atoms with Crippen LogP contribution in [-0.4, -0.2) is 32.0 Å². The molecule has 0 aromatic heterocycles. The normalized spacial score (nSPS) is 11.2. The summed E-state index contributed by atoms with van der Waals surface area (Å²) >= 11 is 0. The molecular formula is C5H9F3N2O2. The lowest BCUT2D eigenvalue weighted by Crippen LogP contribution is -2.32. The summed E-state index contributed by atoms with van der Waals surface area (Å²) in [6, 6.07) is -0.786. The van der Waals surface area contributed by atoms with E-state index >= 15 is 0 Å². The summed E-state index contributed by atoms with van der Waals surface area (Å²) in [5.41, 5.74) is 4.63. The van der Waals surface area contributed by atoms with E-state index in [1.165, 1.54) is 0 Å². The molecule has 7 heteroatoms. The van der Waals surface area contributed by atoms with Crippen molar-refractivity contribution in [3.05, 3.63) is 0 Å². The van der Waals surface area contributed by atoms with Gasteiger partial charge in [0.25, 0.3) is 0 Å². The molecule has 0 unspecified atom stereocenters. The number of carbonyl (C=O) groups is 1. The Bertz CT molecular complexity index is 148. The third-order valence-corrected chi connectivity index (χ3v) is 0.811. The van der Waals surface area contributed by atoms with Crippen molar-refractivity contribution in [1.29, 1.82) is 0 Å². The Labute approximate surface area is 66.9 Å². The summed E-state index contributed by atoms with van der Waals surface area (Å²) in [6.07, 6.45) is -4.33. The summed E-state index contributed by atoms with van der Waals surface area (Å²) in [6.45, 7) is -1.54. The van der Waals surface area contributed by atoms with Crippen molar-refractivity contribution in [2.24, 2.45) is 5.73 Å². The second kappa shape index (κ2) is 4.81. The fraction of sp³-hybridized carbons (Fsp3) is 0.800. The maximum absolute atomic E-state index is 11.4. The van der Waals surface area contributed by atoms with Gasteiger partial charge in [-0.05, 0) is 0 Å². The number of alkyl halides is 3. The first kappa shape index (κ1) is 11.0. The maximum atomic E-state index is 11.4. The first-order chi connectivity index (χ1) is 5.42. The van der Waals surface area contributed by atoms with Gasteiger partial charge in [-0.15, -0.1) is 0 Å². The fourth-order valence-electron chi connectivity index (χ4n) is 0.434. The van der Waals surface area contributed by atoms with E-state index in [1.54, 1.807) is 0 Å². The predicted octanol–water partition coefficient (Wildman–Crippen LogP) is 0.234. The Morgan fingerprint density at radius 2 is 2.08 bits per heavy atom. The molecule has 0 aromatic rings. The first-order valence-electron chi connectivity index (χ1n) is 3.09. The van der Waals surface area contributed by atoms with Crippen LogP contribution in [-0.2, 0) is 4.74 Å². The van der Waals surface area contributed by atoms with Gasteiger partial charge in [0.05, 0.1) is 6.61 Å². The minimum Gasteiger partial charge on any atom is -0.370 e. The highest BCUT2D eigenvalue weighted by Gasteiger charge is 2.27. The summed E-state index contributed by atoms with van der Waals surface area (Å²) in [7, 11) is 0. The lowest BCUT2D eigenvalue weighted by molar-refractivity contribution is -0.173. The molecule has 0 aromatic carbocycles. The van der Waals surface area contributed by atoms with E-state index < -0.39 is 18.8 Å². The third kappa shape index (κ3) is 9.02. The van der Waals surface area contributed by atoms with E-state index in [-0.39, 0.29) is 13.2 Å². The van der Waals surface area contributed by atoms with Crippen molar-refractivity contribution in [3.8, 4) is 0 Å². The monoisotopic (exact) mass is 186 g/mol. The number of halogens is 3. The molecule has 12 heavy (non-hydrogen) atoms. The quantitative estimate of drug-likeness (QED) is 0.617. The van der Waals surface area contributed by atoms with Crippen LogP contribution in [0.1, 0.15) is 0 Å². The highest BCUT2D eigenvalue weighted by molar-refractivity contribution is 5.71. The molecule has 0 aliphatic carbocycles. The fourth-order valence-corrected chi connectivity index (χ4v) is 0.434. The predicted molar refractivity (Wildman–Crippen MR) is 34.5 cm³/mol. The number of urea groups is 1. The van der Waals surface area contributed by atoms with Crippen LogP contribution < -0.4 is 11.1 Å². The number of primary amides is 1. The lowest BCUT2D eigenvalue weighted by Gasteiger charge is -2.06. The second-order valence-electron chi connectivity index (χ2n) is 1.96. The van der Waals surface area contributed by atoms with Crippen molar-refractivity contribution in [1.82, 2.24) is 5.32 Å². The third-order valence-electron chi connectivity index (χ3n) is 0.811. The van der Waals surface area contributed by atoms with Gasteiger partial charge in [-0.3, -0.25) is 0 Å². The molecule has 0 rings (SSSR count). The zero-order valence-electron chi connectivity index (χ0n) is 6.15. The summed E-state index contributed by atoms with van der Waals surface area (Å²) in [5.74, 6) is 0. The summed E-state index contributed by atoms with van der Waals surface area (Å²) in [4.78, 5) is 9.99. The average Bonchev–Trinajstić information content (AvgIpc) is 1.83. The van der Waals surface area contributed by atoms with Crippen LogP contribution in [0.4, 0.5) is 18.0 Å². The molecule has 2 amide bonds. The molecule has 0 spiro atoms. The van der Waals surface area contributed by atoms with Crippen LogP contribution in [0.15, 0.2) is 0 Å². The molecular weight excluding hydrogens is 177 g/mol. The Morgan fingerprint density at radius 1 is 1.50 bits per heavy atom. The Morgan fingerprint density at radius 3 is 2.50 bits per heavy atom. The van der Waals surface area contributed by atoms with Crippen LogP contribution in [0.2, 0.25) is 0 Å². The molecule has 0 saturated carbocycles. The molecule has 0 aliphatic heterocycles. The largest absolute Gasteiger partial charge is 0.411 e. The van der Waals surface area contributed by atoms with Gasteiger partial charge in [0.2, 0.25) is 0 Å². The van der Waals surface area contributed by atoms with Crippen LogP contribution in [0, 0.1) is 0 Å². The van der Waals surface area contributed by atoms with Crippen molar-refractivity contribution in [2.75, 3.05) is 19.8 Å². The number of ether oxygens (including phenoxy) is 1. The highest BCUT2D eigenvalue weighted by Crippen LogP contribution is 2.13. The van der Waals surface area contributed by atoms with Crippen molar-refractivity contribution in [3.63, 3.8) is 0 Å². The van der Waals surface area contributed by atoms with Gasteiger partial charge in [-0.2, -0.15) is 13.2 Å². The van der Waals surface area contributed by atoms with Crippen molar-refractivity contribution < 1.29 is 22.7 Å². The zero-order valence-corrected chi connectivity index (χ0v) is 6.15. The minimum atomic E-state index is -4.33. The van der Waals surface area contributed by atoms with E-state index in [0.29, 0.717) is 0 Å². The van der Waals surface area contributed by atoms with Crippen LogP contribution in [0.3, 0.4) is 0 Å². The molecule has 72 valence electrons. The van der Waals surface area contributed by atoms with Gasteiger partial charge in [0.15, 0.2) is 0 Å². The van der Waals surface area contributed by atoms with Crippen LogP contribution >= 0.6 is 0 Å². The number of rotatable bonds is 4. The molecule has 0 bridgehead atoms. The number of nitrogens with two attached hydrogens (primary N) is 1. The molecule has 0 atom stereocenters. The lowest BCUT2D eigenvalue weighted by atomic mass is 10.6. The Balaban J connectivity index is 3.17. The molecule has 0 radical (unpaired) electrons. The second-order valence-corrected chi connectivity index (χ2v) is 1.96. The molecule has 4 nitrogen and oxygen atoms in total. The Kier molecular flexibility index (Phi) is 4.42. The van der Waals surface area contributed by atoms with Gasteiger partial charge >= 0.3 is 12.2 Å². The summed E-state index contributed by atoms with van der Waals surface area (Å²) < 4.78 is 38.4. The van der Waals surface area contributed by atoms with E-state index in [0.717, 1.165) is 0 Å². The van der Waals surface area contributed by atoms with E-state index in [1.807, 2.05) is 0 Å². The van der Waals surface area contributed by atoms with Gasteiger partial charge < -0.3 is 15.8 Å². The van der Waals surface area contributed by atoms with E-state index in [4.69, 9.17) is 0 Å². The molecule has 0 fully saturated rings. The molecule has 0 heterocycles. The number of hydrogen-bond acceptors (Lipinski definition) is 2. The molecule has 0 aliphatic rings. The minimum absolute atomic E-state index is 0.0224. The Hall–Kier alpha value is -0.980. The van der Waals surface area contributed by atoms with Gasteiger partial charge in [0.1, 0.15) is 6.61 Å². The van der Waals surface area contributed by atoms with E-state index in [9.17, 15) is 18.0 Å². The molecule has 3 N–H and O–H groups in total. The van der Waals surface area contributed by atoms with Gasteiger partial charge in [-0.25, -0.2) is 4.79 Å². The summed E-state index contributed by atoms with van der Waals surface area (Å²) in [5, 5.41) is 2.08. The number of hydrogen-bond donors (Lipinski definition) is 2. The SMILES string of the molecule is NC(=O)NCCOCC(F)(F)F. The number of amides is 2.